The van der Waals surface area contributed by atoms with Gasteiger partial charge in [-0.25, -0.2) is 9.59 Å². The summed E-state index contributed by atoms with van der Waals surface area (Å²) in [6.45, 7) is 16.5. The lowest BCUT2D eigenvalue weighted by atomic mass is 9.33. The van der Waals surface area contributed by atoms with Crippen molar-refractivity contribution < 1.29 is 38.1 Å². The number of fused-ring (bicyclic) bond motifs is 7. The standard InChI is InChI=1S/C47H62O8/c1-42(2)21-23-47(41(50)53-10)24-22-45(6)33(34(47)27-42)17-18-37-44(5)28-35(54-39(48)29-13-11-15-31(25-29)51-8)38(43(3,4)36(44)19-20-46(37,45)7)55-40(49)30-14-12-16-32(26-30)52-9/h11-17,25-26,34-38H,18-24,27-28H2,1-10H3/t34?,35-,36?,37?,38+,44+,45-,46-,47+/m1/s1. The molecule has 2 aromatic carbocycles. The van der Waals surface area contributed by atoms with E-state index in [0.717, 1.165) is 51.4 Å². The molecule has 7 rings (SSSR count). The number of hydrogen-bond donors (Lipinski definition) is 0. The Hall–Kier alpha value is -3.81. The fourth-order valence-electron chi connectivity index (χ4n) is 13.1. The average molecular weight is 755 g/mol. The van der Waals surface area contributed by atoms with Crippen LogP contribution in [0.25, 0.3) is 0 Å². The van der Waals surface area contributed by atoms with E-state index in [4.69, 9.17) is 23.7 Å². The number of carbonyl (C=O) groups is 3. The SMILES string of the molecule is COC(=O)[C@]12CCC(C)(C)CC1C1=CCC3[C@@]4(C)C[C@@H](OC(=O)c5cccc(OC)c5)[C@H](OC(=O)c5cccc(OC)c5)C(C)(C)C4CC[C@@]3(C)[C@]1(C)CC2. The van der Waals surface area contributed by atoms with E-state index >= 15 is 0 Å². The minimum absolute atomic E-state index is 0.0387. The zero-order chi connectivity index (χ0) is 39.8. The molecule has 298 valence electrons. The molecule has 3 unspecified atom stereocenters. The fourth-order valence-corrected chi connectivity index (χ4v) is 13.1. The summed E-state index contributed by atoms with van der Waals surface area (Å²) in [5.41, 5.74) is 0.982. The highest BCUT2D eigenvalue weighted by Crippen LogP contribution is 2.76. The Kier molecular flexibility index (Phi) is 9.81. The number of hydrogen-bond acceptors (Lipinski definition) is 8. The summed E-state index contributed by atoms with van der Waals surface area (Å²) in [7, 11) is 4.70. The van der Waals surface area contributed by atoms with Crippen LogP contribution in [0, 0.1) is 50.2 Å². The van der Waals surface area contributed by atoms with Gasteiger partial charge in [-0.2, -0.15) is 0 Å². The van der Waals surface area contributed by atoms with Crippen molar-refractivity contribution >= 4 is 17.9 Å². The van der Waals surface area contributed by atoms with E-state index in [1.165, 1.54) is 5.57 Å². The third kappa shape index (κ3) is 6.10. The monoisotopic (exact) mass is 754 g/mol. The molecule has 0 heterocycles. The predicted molar refractivity (Wildman–Crippen MR) is 211 cm³/mol. The first-order valence-electron chi connectivity index (χ1n) is 20.4. The highest BCUT2D eigenvalue weighted by atomic mass is 16.6. The molecule has 0 bridgehead atoms. The van der Waals surface area contributed by atoms with Gasteiger partial charge in [-0.05, 0) is 134 Å². The van der Waals surface area contributed by atoms with Crippen molar-refractivity contribution in [1.29, 1.82) is 0 Å². The van der Waals surface area contributed by atoms with Crippen LogP contribution in [0.5, 0.6) is 11.5 Å². The van der Waals surface area contributed by atoms with Gasteiger partial charge in [0.15, 0.2) is 0 Å². The van der Waals surface area contributed by atoms with Gasteiger partial charge in [-0.15, -0.1) is 0 Å². The summed E-state index contributed by atoms with van der Waals surface area (Å²) in [6.07, 6.45) is 9.26. The number of rotatable bonds is 7. The molecular weight excluding hydrogens is 693 g/mol. The molecule has 0 aliphatic heterocycles. The van der Waals surface area contributed by atoms with Gasteiger partial charge >= 0.3 is 17.9 Å². The van der Waals surface area contributed by atoms with Crippen LogP contribution in [0.4, 0.5) is 0 Å². The highest BCUT2D eigenvalue weighted by molar-refractivity contribution is 5.91. The molecule has 4 saturated carbocycles. The van der Waals surface area contributed by atoms with Crippen LogP contribution in [0.3, 0.4) is 0 Å². The van der Waals surface area contributed by atoms with Crippen LogP contribution in [0.1, 0.15) is 127 Å². The van der Waals surface area contributed by atoms with Gasteiger partial charge in [-0.3, -0.25) is 4.79 Å². The molecule has 0 spiro atoms. The van der Waals surface area contributed by atoms with E-state index in [-0.39, 0.29) is 45.4 Å². The van der Waals surface area contributed by atoms with Gasteiger partial charge in [0.2, 0.25) is 0 Å². The topological polar surface area (TPSA) is 97.4 Å². The molecule has 9 atom stereocenters. The Labute approximate surface area is 328 Å². The van der Waals surface area contributed by atoms with Gasteiger partial charge < -0.3 is 23.7 Å². The first-order chi connectivity index (χ1) is 25.9. The number of esters is 3. The lowest BCUT2D eigenvalue weighted by molar-refractivity contribution is -0.231. The van der Waals surface area contributed by atoms with E-state index in [0.29, 0.717) is 29.0 Å². The van der Waals surface area contributed by atoms with E-state index in [9.17, 15) is 14.4 Å². The van der Waals surface area contributed by atoms with E-state index < -0.39 is 35.0 Å². The van der Waals surface area contributed by atoms with Gasteiger partial charge in [0.05, 0.1) is 37.9 Å². The Morgan fingerprint density at radius 2 is 1.29 bits per heavy atom. The smallest absolute Gasteiger partial charge is 0.338 e. The summed E-state index contributed by atoms with van der Waals surface area (Å²) in [5, 5.41) is 0. The maximum atomic E-state index is 14.0. The largest absolute Gasteiger partial charge is 0.497 e. The van der Waals surface area contributed by atoms with Crippen LogP contribution < -0.4 is 9.47 Å². The minimum Gasteiger partial charge on any atom is -0.497 e. The Morgan fingerprint density at radius 1 is 0.691 bits per heavy atom. The van der Waals surface area contributed by atoms with Crippen LogP contribution >= 0.6 is 0 Å². The summed E-state index contributed by atoms with van der Waals surface area (Å²) < 4.78 is 29.5. The Morgan fingerprint density at radius 3 is 1.89 bits per heavy atom. The van der Waals surface area contributed by atoms with E-state index in [2.05, 4.69) is 54.5 Å². The van der Waals surface area contributed by atoms with Crippen molar-refractivity contribution in [1.82, 2.24) is 0 Å². The average Bonchev–Trinajstić information content (AvgIpc) is 3.15. The molecule has 0 amide bonds. The van der Waals surface area contributed by atoms with Gasteiger partial charge in [-0.1, -0.05) is 72.2 Å². The summed E-state index contributed by atoms with van der Waals surface area (Å²) >= 11 is 0. The minimum atomic E-state index is -0.692. The fraction of sp³-hybridized carbons (Fsp3) is 0.638. The molecule has 0 saturated heterocycles. The molecule has 0 aromatic heterocycles. The quantitative estimate of drug-likeness (QED) is 0.157. The zero-order valence-corrected chi connectivity index (χ0v) is 34.7. The predicted octanol–water partition coefficient (Wildman–Crippen LogP) is 10.0. The Bertz CT molecular complexity index is 1880. The lowest BCUT2D eigenvalue weighted by Crippen LogP contribution is -2.67. The first kappa shape index (κ1) is 39.4. The van der Waals surface area contributed by atoms with Gasteiger partial charge in [0, 0.05) is 5.41 Å². The molecule has 5 aliphatic carbocycles. The highest BCUT2D eigenvalue weighted by Gasteiger charge is 2.71. The second-order valence-corrected chi connectivity index (χ2v) is 19.6. The zero-order valence-electron chi connectivity index (χ0n) is 34.7. The number of benzene rings is 2. The third-order valence-corrected chi connectivity index (χ3v) is 16.2. The van der Waals surface area contributed by atoms with Crippen LogP contribution in [0.2, 0.25) is 0 Å². The van der Waals surface area contributed by atoms with Gasteiger partial charge in [0.25, 0.3) is 0 Å². The molecule has 5 aliphatic rings. The summed E-state index contributed by atoms with van der Waals surface area (Å²) in [4.78, 5) is 41.7. The molecule has 8 heteroatoms. The second kappa shape index (κ2) is 13.7. The maximum Gasteiger partial charge on any atom is 0.338 e. The molecule has 2 aromatic rings. The number of carbonyl (C=O) groups excluding carboxylic acids is 3. The van der Waals surface area contributed by atoms with Crippen molar-refractivity contribution in [3.63, 3.8) is 0 Å². The number of allylic oxidation sites excluding steroid dienone is 2. The van der Waals surface area contributed by atoms with Crippen molar-refractivity contribution in [3.05, 3.63) is 71.3 Å². The first-order valence-corrected chi connectivity index (χ1v) is 20.4. The molecular formula is C47H62O8. The molecule has 4 fully saturated rings. The van der Waals surface area contributed by atoms with E-state index in [1.807, 2.05) is 0 Å². The summed E-state index contributed by atoms with van der Waals surface area (Å²) in [6, 6.07) is 14.0. The number of ether oxygens (including phenoxy) is 5. The molecule has 0 N–H and O–H groups in total. The second-order valence-electron chi connectivity index (χ2n) is 19.6. The lowest BCUT2D eigenvalue weighted by Gasteiger charge is -2.71. The van der Waals surface area contributed by atoms with Crippen molar-refractivity contribution in [2.24, 2.45) is 50.2 Å². The van der Waals surface area contributed by atoms with E-state index in [1.54, 1.807) is 69.9 Å². The molecule has 0 radical (unpaired) electrons. The summed E-state index contributed by atoms with van der Waals surface area (Å²) in [5.74, 6) is 0.797. The van der Waals surface area contributed by atoms with Crippen LogP contribution in [-0.2, 0) is 19.0 Å². The molecule has 55 heavy (non-hydrogen) atoms. The van der Waals surface area contributed by atoms with Gasteiger partial charge in [0.1, 0.15) is 23.7 Å². The van der Waals surface area contributed by atoms with Crippen molar-refractivity contribution in [3.8, 4) is 11.5 Å². The van der Waals surface area contributed by atoms with Crippen molar-refractivity contribution in [2.75, 3.05) is 21.3 Å². The normalized spacial score (nSPS) is 37.0. The number of methoxy groups -OCH3 is 3. The Balaban J connectivity index is 1.28. The van der Waals surface area contributed by atoms with Crippen molar-refractivity contribution in [2.45, 2.75) is 118 Å². The molecule has 8 nitrogen and oxygen atoms in total. The third-order valence-electron chi connectivity index (χ3n) is 16.2. The maximum absolute atomic E-state index is 14.0. The van der Waals surface area contributed by atoms with Crippen LogP contribution in [0.15, 0.2) is 60.2 Å². The van der Waals surface area contributed by atoms with Crippen LogP contribution in [-0.4, -0.2) is 51.4 Å².